The summed E-state index contributed by atoms with van der Waals surface area (Å²) in [5.41, 5.74) is 5.73. The minimum absolute atomic E-state index is 0.0648. The van der Waals surface area contributed by atoms with Crippen LogP contribution >= 0.6 is 0 Å². The molecule has 0 aromatic heterocycles. The van der Waals surface area contributed by atoms with Gasteiger partial charge in [0.1, 0.15) is 11.5 Å². The van der Waals surface area contributed by atoms with Gasteiger partial charge in [-0.25, -0.2) is 21.9 Å². The van der Waals surface area contributed by atoms with Crippen LogP contribution in [0, 0.1) is 11.3 Å². The monoisotopic (exact) mass is 305 g/mol. The van der Waals surface area contributed by atoms with E-state index < -0.39 is 23.1 Å². The van der Waals surface area contributed by atoms with Gasteiger partial charge in [0.15, 0.2) is 0 Å². The normalized spacial score (nSPS) is 11.5. The number of nitriles is 1. The smallest absolute Gasteiger partial charge is 0.261 e. The van der Waals surface area contributed by atoms with Gasteiger partial charge in [0.05, 0.1) is 23.9 Å². The lowest BCUT2D eigenvalue weighted by Gasteiger charge is -2.09. The van der Waals surface area contributed by atoms with Gasteiger partial charge in [0.2, 0.25) is 10.0 Å². The first-order valence-electron chi connectivity index (χ1n) is 5.52. The first-order valence-corrected chi connectivity index (χ1v) is 7.00. The summed E-state index contributed by atoms with van der Waals surface area (Å²) in [5.74, 6) is 0. The zero-order valence-corrected chi connectivity index (χ0v) is 11.2. The number of nitrogens with zero attached hydrogens (tertiary/aromatic N) is 1. The second-order valence-electron chi connectivity index (χ2n) is 3.73. The average molecular weight is 305 g/mol. The van der Waals surface area contributed by atoms with E-state index in [9.17, 15) is 17.2 Å². The lowest BCUT2D eigenvalue weighted by Crippen LogP contribution is -2.28. The second kappa shape index (κ2) is 7.14. The topological polar surface area (TPSA) is 105 Å². The fourth-order valence-electron chi connectivity index (χ4n) is 1.36. The Labute approximate surface area is 115 Å². The van der Waals surface area contributed by atoms with Crippen LogP contribution in [0.4, 0.5) is 14.5 Å². The summed E-state index contributed by atoms with van der Waals surface area (Å²) in [4.78, 5) is -0.176. The Balaban J connectivity index is 2.63. The largest absolute Gasteiger partial charge is 0.398 e. The van der Waals surface area contributed by atoms with Crippen LogP contribution in [-0.2, 0) is 14.8 Å². The molecular weight excluding hydrogens is 292 g/mol. The second-order valence-corrected chi connectivity index (χ2v) is 5.46. The highest BCUT2D eigenvalue weighted by Gasteiger charge is 2.17. The SMILES string of the molecule is N#Cc1ccc(S(=O)(=O)NCCOCC(F)F)c(N)c1. The van der Waals surface area contributed by atoms with Gasteiger partial charge in [-0.05, 0) is 18.2 Å². The van der Waals surface area contributed by atoms with Gasteiger partial charge in [0, 0.05) is 6.54 Å². The number of nitrogen functional groups attached to an aromatic ring is 1. The van der Waals surface area contributed by atoms with Crippen molar-refractivity contribution in [3.63, 3.8) is 0 Å². The first-order chi connectivity index (χ1) is 9.36. The molecule has 110 valence electrons. The van der Waals surface area contributed by atoms with Crippen molar-refractivity contribution in [1.29, 1.82) is 5.26 Å². The molecule has 0 aliphatic heterocycles. The minimum Gasteiger partial charge on any atom is -0.398 e. The molecule has 0 fully saturated rings. The Kier molecular flexibility index (Phi) is 5.82. The molecule has 0 atom stereocenters. The van der Waals surface area contributed by atoms with Crippen LogP contribution in [0.5, 0.6) is 0 Å². The summed E-state index contributed by atoms with van der Waals surface area (Å²) in [5, 5.41) is 8.65. The van der Waals surface area contributed by atoms with Crippen molar-refractivity contribution in [3.8, 4) is 6.07 Å². The van der Waals surface area contributed by atoms with Gasteiger partial charge in [-0.3, -0.25) is 0 Å². The van der Waals surface area contributed by atoms with Crippen molar-refractivity contribution in [1.82, 2.24) is 4.72 Å². The molecule has 0 saturated heterocycles. The molecule has 1 aromatic carbocycles. The van der Waals surface area contributed by atoms with E-state index in [4.69, 9.17) is 11.0 Å². The molecule has 0 unspecified atom stereocenters. The standard InChI is InChI=1S/C11H13F2N3O3S/c12-11(13)7-19-4-3-16-20(17,18)10-2-1-8(6-14)5-9(10)15/h1-2,5,11,16H,3-4,7,15H2. The van der Waals surface area contributed by atoms with Gasteiger partial charge < -0.3 is 10.5 Å². The molecule has 1 aromatic rings. The number of nitrogens with two attached hydrogens (primary N) is 1. The number of hydrogen-bond donors (Lipinski definition) is 2. The number of hydrogen-bond acceptors (Lipinski definition) is 5. The lowest BCUT2D eigenvalue weighted by molar-refractivity contribution is 0.0199. The van der Waals surface area contributed by atoms with Crippen LogP contribution in [0.2, 0.25) is 0 Å². The van der Waals surface area contributed by atoms with Gasteiger partial charge in [0.25, 0.3) is 6.43 Å². The van der Waals surface area contributed by atoms with Crippen molar-refractivity contribution in [2.45, 2.75) is 11.3 Å². The Hall–Kier alpha value is -1.76. The highest BCUT2D eigenvalue weighted by atomic mass is 32.2. The molecule has 9 heteroatoms. The Bertz CT molecular complexity index is 599. The third kappa shape index (κ3) is 4.73. The Morgan fingerprint density at radius 2 is 2.15 bits per heavy atom. The highest BCUT2D eigenvalue weighted by molar-refractivity contribution is 7.89. The number of rotatable bonds is 7. The van der Waals surface area contributed by atoms with Gasteiger partial charge in [-0.2, -0.15) is 5.26 Å². The number of ether oxygens (including phenoxy) is 1. The maximum absolute atomic E-state index is 11.9. The number of anilines is 1. The number of halogens is 2. The maximum atomic E-state index is 11.9. The fourth-order valence-corrected chi connectivity index (χ4v) is 2.49. The summed E-state index contributed by atoms with van der Waals surface area (Å²) in [6.45, 7) is -1.09. The first kappa shape index (κ1) is 16.3. The summed E-state index contributed by atoms with van der Waals surface area (Å²) in [7, 11) is -3.87. The molecule has 0 spiro atoms. The van der Waals surface area contributed by atoms with Crippen molar-refractivity contribution in [3.05, 3.63) is 23.8 Å². The lowest BCUT2D eigenvalue weighted by atomic mass is 10.2. The van der Waals surface area contributed by atoms with Crippen molar-refractivity contribution in [2.75, 3.05) is 25.5 Å². The summed E-state index contributed by atoms with van der Waals surface area (Å²) in [6.07, 6.45) is -2.60. The van der Waals surface area contributed by atoms with Crippen LogP contribution < -0.4 is 10.5 Å². The van der Waals surface area contributed by atoms with Gasteiger partial charge in [-0.1, -0.05) is 0 Å². The van der Waals surface area contributed by atoms with Crippen molar-refractivity contribution < 1.29 is 21.9 Å². The van der Waals surface area contributed by atoms with E-state index in [1.54, 1.807) is 0 Å². The maximum Gasteiger partial charge on any atom is 0.261 e. The molecule has 20 heavy (non-hydrogen) atoms. The van der Waals surface area contributed by atoms with Crippen LogP contribution in [0.1, 0.15) is 5.56 Å². The third-order valence-corrected chi connectivity index (χ3v) is 3.75. The predicted octanol–water partition coefficient (Wildman–Crippen LogP) is 0.700. The van der Waals surface area contributed by atoms with Crippen LogP contribution in [0.25, 0.3) is 0 Å². The van der Waals surface area contributed by atoms with E-state index in [-0.39, 0.29) is 29.3 Å². The Morgan fingerprint density at radius 1 is 1.45 bits per heavy atom. The molecule has 3 N–H and O–H groups in total. The number of alkyl halides is 2. The molecule has 0 saturated carbocycles. The number of sulfonamides is 1. The van der Waals surface area contributed by atoms with E-state index in [0.29, 0.717) is 0 Å². The van der Waals surface area contributed by atoms with Gasteiger partial charge >= 0.3 is 0 Å². The predicted molar refractivity (Wildman–Crippen MR) is 67.6 cm³/mol. The molecule has 0 aliphatic rings. The highest BCUT2D eigenvalue weighted by Crippen LogP contribution is 2.19. The van der Waals surface area contributed by atoms with E-state index in [2.05, 4.69) is 9.46 Å². The van der Waals surface area contributed by atoms with E-state index >= 15 is 0 Å². The van der Waals surface area contributed by atoms with E-state index in [1.165, 1.54) is 18.2 Å². The van der Waals surface area contributed by atoms with Crippen LogP contribution in [0.15, 0.2) is 23.1 Å². The molecule has 6 nitrogen and oxygen atoms in total. The minimum atomic E-state index is -3.87. The zero-order valence-electron chi connectivity index (χ0n) is 10.3. The van der Waals surface area contributed by atoms with Crippen molar-refractivity contribution in [2.24, 2.45) is 0 Å². The molecule has 0 bridgehead atoms. The number of nitrogens with one attached hydrogen (secondary N) is 1. The van der Waals surface area contributed by atoms with Crippen molar-refractivity contribution >= 4 is 15.7 Å². The van der Waals surface area contributed by atoms with E-state index in [0.717, 1.165) is 0 Å². The summed E-state index contributed by atoms with van der Waals surface area (Å²) in [6, 6.07) is 5.59. The molecule has 0 aliphatic carbocycles. The Morgan fingerprint density at radius 3 is 2.70 bits per heavy atom. The van der Waals surface area contributed by atoms with E-state index in [1.807, 2.05) is 6.07 Å². The summed E-state index contributed by atoms with van der Waals surface area (Å²) >= 11 is 0. The van der Waals surface area contributed by atoms with Gasteiger partial charge in [-0.15, -0.1) is 0 Å². The average Bonchev–Trinajstić information content (AvgIpc) is 2.37. The molecule has 0 amide bonds. The quantitative estimate of drug-likeness (QED) is 0.570. The molecule has 0 radical (unpaired) electrons. The molecule has 0 heterocycles. The van der Waals surface area contributed by atoms with Crippen LogP contribution in [0.3, 0.4) is 0 Å². The molecular formula is C11H13F2N3O3S. The van der Waals surface area contributed by atoms with Crippen LogP contribution in [-0.4, -0.2) is 34.6 Å². The number of benzene rings is 1. The zero-order chi connectivity index (χ0) is 15.2. The molecule has 1 rings (SSSR count). The fraction of sp³-hybridized carbons (Fsp3) is 0.364. The third-order valence-electron chi connectivity index (χ3n) is 2.21. The summed E-state index contributed by atoms with van der Waals surface area (Å²) < 4.78 is 54.0.